The molecule has 1 aromatic rings. The van der Waals surface area contributed by atoms with Gasteiger partial charge in [-0.15, -0.1) is 0 Å². The van der Waals surface area contributed by atoms with Gasteiger partial charge in [0.2, 0.25) is 5.91 Å². The van der Waals surface area contributed by atoms with Gasteiger partial charge in [0.25, 0.3) is 0 Å². The smallest absolute Gasteiger partial charge is 0.219 e. The second kappa shape index (κ2) is 5.52. The van der Waals surface area contributed by atoms with Crippen LogP contribution in [-0.2, 0) is 4.79 Å². The van der Waals surface area contributed by atoms with E-state index in [-0.39, 0.29) is 5.91 Å². The van der Waals surface area contributed by atoms with Crippen molar-refractivity contribution in [1.29, 1.82) is 0 Å². The van der Waals surface area contributed by atoms with Crippen LogP contribution in [0.25, 0.3) is 0 Å². The fraction of sp³-hybridized carbons (Fsp3) is 0.632. The molecule has 4 heteroatoms. The SMILES string of the molecule is CC(=O)N1CC2(C1)CN(C1CCN(c3ccc(C)cc3)CC1)C2. The number of carbonyl (C=O) groups is 1. The molecule has 1 amide bonds. The summed E-state index contributed by atoms with van der Waals surface area (Å²) in [5.41, 5.74) is 3.14. The summed E-state index contributed by atoms with van der Waals surface area (Å²) in [5.74, 6) is 0.237. The molecule has 4 rings (SSSR count). The fourth-order valence-electron chi connectivity index (χ4n) is 4.50. The lowest BCUT2D eigenvalue weighted by molar-refractivity contribution is -0.161. The number of piperidine rings is 1. The maximum atomic E-state index is 11.3. The minimum atomic E-state index is 0.237. The van der Waals surface area contributed by atoms with Crippen molar-refractivity contribution in [2.24, 2.45) is 5.41 Å². The highest BCUT2D eigenvalue weighted by molar-refractivity contribution is 5.74. The van der Waals surface area contributed by atoms with Crippen LogP contribution in [0.2, 0.25) is 0 Å². The van der Waals surface area contributed by atoms with Gasteiger partial charge < -0.3 is 9.80 Å². The summed E-state index contributed by atoms with van der Waals surface area (Å²) in [6.07, 6.45) is 2.53. The lowest BCUT2D eigenvalue weighted by Crippen LogP contribution is -2.74. The van der Waals surface area contributed by atoms with E-state index in [9.17, 15) is 4.79 Å². The van der Waals surface area contributed by atoms with E-state index in [0.717, 1.165) is 32.2 Å². The van der Waals surface area contributed by atoms with E-state index in [1.807, 2.05) is 4.90 Å². The molecule has 3 fully saturated rings. The van der Waals surface area contributed by atoms with Crippen molar-refractivity contribution in [3.05, 3.63) is 29.8 Å². The number of anilines is 1. The van der Waals surface area contributed by atoms with Gasteiger partial charge in [-0.25, -0.2) is 0 Å². The van der Waals surface area contributed by atoms with E-state index in [1.54, 1.807) is 6.92 Å². The molecule has 23 heavy (non-hydrogen) atoms. The molecule has 4 nitrogen and oxygen atoms in total. The van der Waals surface area contributed by atoms with Crippen LogP contribution in [0, 0.1) is 12.3 Å². The zero-order valence-corrected chi connectivity index (χ0v) is 14.3. The third kappa shape index (κ3) is 2.74. The summed E-state index contributed by atoms with van der Waals surface area (Å²) in [4.78, 5) is 18.5. The van der Waals surface area contributed by atoms with Crippen molar-refractivity contribution in [2.75, 3.05) is 44.2 Å². The standard InChI is InChI=1S/C19H27N3O/c1-15-3-5-17(6-4-15)20-9-7-18(8-10-20)22-13-19(14-22)11-21(12-19)16(2)23/h3-6,18H,7-14H2,1-2H3. The van der Waals surface area contributed by atoms with E-state index < -0.39 is 0 Å². The minimum absolute atomic E-state index is 0.237. The van der Waals surface area contributed by atoms with Crippen LogP contribution in [0.15, 0.2) is 24.3 Å². The molecule has 0 unspecified atom stereocenters. The molecule has 3 saturated heterocycles. The number of likely N-dealkylation sites (tertiary alicyclic amines) is 2. The summed E-state index contributed by atoms with van der Waals surface area (Å²) < 4.78 is 0. The molecular weight excluding hydrogens is 286 g/mol. The van der Waals surface area contributed by atoms with E-state index in [2.05, 4.69) is 41.0 Å². The number of hydrogen-bond acceptors (Lipinski definition) is 3. The number of amides is 1. The molecule has 1 spiro atoms. The fourth-order valence-corrected chi connectivity index (χ4v) is 4.50. The first-order valence-corrected chi connectivity index (χ1v) is 8.86. The van der Waals surface area contributed by atoms with Gasteiger partial charge in [0, 0.05) is 63.3 Å². The first kappa shape index (κ1) is 15.0. The molecule has 0 saturated carbocycles. The van der Waals surface area contributed by atoms with Gasteiger partial charge in [-0.2, -0.15) is 0 Å². The van der Waals surface area contributed by atoms with Gasteiger partial charge in [-0.05, 0) is 31.9 Å². The van der Waals surface area contributed by atoms with Gasteiger partial charge in [0.15, 0.2) is 0 Å². The van der Waals surface area contributed by atoms with Gasteiger partial charge in [-0.1, -0.05) is 17.7 Å². The molecular formula is C19H27N3O. The Morgan fingerprint density at radius 1 is 1.04 bits per heavy atom. The first-order valence-electron chi connectivity index (χ1n) is 8.86. The molecule has 1 aromatic carbocycles. The normalized spacial score (nSPS) is 24.4. The number of rotatable bonds is 2. The molecule has 0 atom stereocenters. The van der Waals surface area contributed by atoms with Crippen molar-refractivity contribution in [2.45, 2.75) is 32.7 Å². The predicted molar refractivity (Wildman–Crippen MR) is 92.7 cm³/mol. The van der Waals surface area contributed by atoms with E-state index in [1.165, 1.54) is 37.2 Å². The molecule has 124 valence electrons. The summed E-state index contributed by atoms with van der Waals surface area (Å²) in [6.45, 7) is 10.5. The number of aryl methyl sites for hydroxylation is 1. The monoisotopic (exact) mass is 313 g/mol. The van der Waals surface area contributed by atoms with Crippen LogP contribution in [-0.4, -0.2) is 61.0 Å². The maximum Gasteiger partial charge on any atom is 0.219 e. The molecule has 0 aromatic heterocycles. The Bertz CT molecular complexity index is 575. The number of benzene rings is 1. The largest absolute Gasteiger partial charge is 0.371 e. The molecule has 0 radical (unpaired) electrons. The van der Waals surface area contributed by atoms with Crippen molar-refractivity contribution in [3.63, 3.8) is 0 Å². The van der Waals surface area contributed by atoms with Crippen LogP contribution in [0.5, 0.6) is 0 Å². The third-order valence-electron chi connectivity index (χ3n) is 5.95. The molecule has 0 bridgehead atoms. The highest BCUT2D eigenvalue weighted by atomic mass is 16.2. The average molecular weight is 313 g/mol. The summed E-state index contributed by atoms with van der Waals surface area (Å²) in [7, 11) is 0. The minimum Gasteiger partial charge on any atom is -0.371 e. The summed E-state index contributed by atoms with van der Waals surface area (Å²) in [5, 5.41) is 0. The maximum absolute atomic E-state index is 11.3. The van der Waals surface area contributed by atoms with Gasteiger partial charge in [-0.3, -0.25) is 9.69 Å². The Labute approximate surface area is 139 Å². The zero-order valence-electron chi connectivity index (χ0n) is 14.3. The quantitative estimate of drug-likeness (QED) is 0.837. The Balaban J connectivity index is 1.25. The van der Waals surface area contributed by atoms with Crippen LogP contribution < -0.4 is 4.90 Å². The van der Waals surface area contributed by atoms with Gasteiger partial charge >= 0.3 is 0 Å². The highest BCUT2D eigenvalue weighted by Gasteiger charge is 2.53. The van der Waals surface area contributed by atoms with Crippen LogP contribution >= 0.6 is 0 Å². The molecule has 3 aliphatic heterocycles. The highest BCUT2D eigenvalue weighted by Crippen LogP contribution is 2.42. The number of nitrogens with zero attached hydrogens (tertiary/aromatic N) is 3. The number of hydrogen-bond donors (Lipinski definition) is 0. The Morgan fingerprint density at radius 2 is 1.65 bits per heavy atom. The first-order chi connectivity index (χ1) is 11.0. The third-order valence-corrected chi connectivity index (χ3v) is 5.95. The van der Waals surface area contributed by atoms with Crippen LogP contribution in [0.1, 0.15) is 25.3 Å². The predicted octanol–water partition coefficient (Wildman–Crippen LogP) is 2.13. The Morgan fingerprint density at radius 3 is 2.22 bits per heavy atom. The van der Waals surface area contributed by atoms with E-state index in [4.69, 9.17) is 0 Å². The molecule has 3 heterocycles. The van der Waals surface area contributed by atoms with Crippen LogP contribution in [0.3, 0.4) is 0 Å². The summed E-state index contributed by atoms with van der Waals surface area (Å²) in [6, 6.07) is 9.65. The lowest BCUT2D eigenvalue weighted by Gasteiger charge is -2.62. The van der Waals surface area contributed by atoms with Crippen molar-refractivity contribution in [1.82, 2.24) is 9.80 Å². The van der Waals surface area contributed by atoms with E-state index in [0.29, 0.717) is 5.41 Å². The van der Waals surface area contributed by atoms with Crippen LogP contribution in [0.4, 0.5) is 5.69 Å². The summed E-state index contributed by atoms with van der Waals surface area (Å²) >= 11 is 0. The molecule has 0 aliphatic carbocycles. The average Bonchev–Trinajstić information content (AvgIpc) is 2.45. The van der Waals surface area contributed by atoms with Gasteiger partial charge in [0.1, 0.15) is 0 Å². The topological polar surface area (TPSA) is 26.8 Å². The van der Waals surface area contributed by atoms with Gasteiger partial charge in [0.05, 0.1) is 0 Å². The number of carbonyl (C=O) groups excluding carboxylic acids is 1. The zero-order chi connectivity index (χ0) is 16.0. The van der Waals surface area contributed by atoms with Crippen molar-refractivity contribution >= 4 is 11.6 Å². The molecule has 3 aliphatic rings. The van der Waals surface area contributed by atoms with E-state index >= 15 is 0 Å². The Kier molecular flexibility index (Phi) is 3.60. The molecule has 0 N–H and O–H groups in total. The van der Waals surface area contributed by atoms with Crippen molar-refractivity contribution in [3.8, 4) is 0 Å². The second-order valence-electron chi connectivity index (χ2n) is 7.83. The second-order valence-corrected chi connectivity index (χ2v) is 7.83. The lowest BCUT2D eigenvalue weighted by atomic mass is 9.71. The van der Waals surface area contributed by atoms with Crippen molar-refractivity contribution < 1.29 is 4.79 Å². The Hall–Kier alpha value is -1.55.